The Bertz CT molecular complexity index is 454. The van der Waals surface area contributed by atoms with Crippen molar-refractivity contribution in [3.05, 3.63) is 29.6 Å². The molecule has 0 aliphatic rings. The maximum absolute atomic E-state index is 13.2. The van der Waals surface area contributed by atoms with Gasteiger partial charge >= 0.3 is 5.97 Å². The molecule has 0 fully saturated rings. The Morgan fingerprint density at radius 2 is 2.35 bits per heavy atom. The van der Waals surface area contributed by atoms with Crippen LogP contribution in [-0.4, -0.2) is 17.6 Å². The third-order valence-electron chi connectivity index (χ3n) is 2.51. The van der Waals surface area contributed by atoms with Crippen LogP contribution >= 0.6 is 0 Å². The lowest BCUT2D eigenvalue weighted by Crippen LogP contribution is -2.22. The molecule has 0 saturated heterocycles. The van der Waals surface area contributed by atoms with Crippen molar-refractivity contribution >= 4 is 11.7 Å². The number of benzene rings is 1. The summed E-state index contributed by atoms with van der Waals surface area (Å²) in [6.45, 7) is 1.93. The average Bonchev–Trinajstić information content (AvgIpc) is 2.29. The van der Waals surface area contributed by atoms with E-state index >= 15 is 0 Å². The molecule has 1 aromatic rings. The third-order valence-corrected chi connectivity index (χ3v) is 2.51. The Kier molecular flexibility index (Phi) is 4.46. The first-order valence-electron chi connectivity index (χ1n) is 5.25. The zero-order valence-corrected chi connectivity index (χ0v) is 9.40. The Hall–Kier alpha value is -2.09. The number of carbonyl (C=O) groups is 1. The molecule has 1 rings (SSSR count). The molecule has 1 aromatic carbocycles. The number of nitrogens with zero attached hydrogens (tertiary/aromatic N) is 1. The molecule has 0 amide bonds. The van der Waals surface area contributed by atoms with Crippen molar-refractivity contribution in [3.63, 3.8) is 0 Å². The van der Waals surface area contributed by atoms with Crippen molar-refractivity contribution in [2.75, 3.05) is 11.9 Å². The molecule has 0 saturated carbocycles. The number of carboxylic acid groups (broad SMARTS) is 1. The zero-order valence-electron chi connectivity index (χ0n) is 9.40. The van der Waals surface area contributed by atoms with E-state index in [9.17, 15) is 9.18 Å². The molecule has 1 atom stereocenters. The molecule has 1 unspecified atom stereocenters. The minimum absolute atomic E-state index is 0.0901. The summed E-state index contributed by atoms with van der Waals surface area (Å²) >= 11 is 0. The van der Waals surface area contributed by atoms with Crippen LogP contribution in [0, 0.1) is 23.1 Å². The van der Waals surface area contributed by atoms with Gasteiger partial charge in [-0.05, 0) is 18.6 Å². The standard InChI is InChI=1S/C12H13FN2O2/c1-2-8(12(16)17)7-15-11-5-3-4-10(13)9(11)6-14/h3-5,8,15H,2,7H2,1H3,(H,16,17). The van der Waals surface area contributed by atoms with Crippen molar-refractivity contribution in [1.29, 1.82) is 5.26 Å². The van der Waals surface area contributed by atoms with E-state index < -0.39 is 17.7 Å². The Labute approximate surface area is 98.7 Å². The van der Waals surface area contributed by atoms with E-state index in [-0.39, 0.29) is 12.1 Å². The number of carboxylic acids is 1. The van der Waals surface area contributed by atoms with Crippen molar-refractivity contribution in [1.82, 2.24) is 0 Å². The molecule has 5 heteroatoms. The first-order chi connectivity index (χ1) is 8.10. The summed E-state index contributed by atoms with van der Waals surface area (Å²) in [5.74, 6) is -2.07. The topological polar surface area (TPSA) is 73.1 Å². The van der Waals surface area contributed by atoms with Crippen LogP contribution in [0.2, 0.25) is 0 Å². The van der Waals surface area contributed by atoms with Crippen molar-refractivity contribution in [2.24, 2.45) is 5.92 Å². The van der Waals surface area contributed by atoms with Crippen LogP contribution in [0.5, 0.6) is 0 Å². The number of nitrogens with one attached hydrogen (secondary N) is 1. The van der Waals surface area contributed by atoms with E-state index in [1.807, 2.05) is 0 Å². The van der Waals surface area contributed by atoms with Crippen LogP contribution in [0.25, 0.3) is 0 Å². The van der Waals surface area contributed by atoms with Gasteiger partial charge in [-0.3, -0.25) is 4.79 Å². The fourth-order valence-corrected chi connectivity index (χ4v) is 1.42. The van der Waals surface area contributed by atoms with Gasteiger partial charge < -0.3 is 10.4 Å². The lowest BCUT2D eigenvalue weighted by molar-refractivity contribution is -0.141. The molecule has 0 aromatic heterocycles. The highest BCUT2D eigenvalue weighted by Crippen LogP contribution is 2.18. The second-order valence-electron chi connectivity index (χ2n) is 3.60. The average molecular weight is 236 g/mol. The van der Waals surface area contributed by atoms with E-state index in [2.05, 4.69) is 5.32 Å². The maximum atomic E-state index is 13.2. The second kappa shape index (κ2) is 5.85. The number of anilines is 1. The monoisotopic (exact) mass is 236 g/mol. The molecule has 0 heterocycles. The Morgan fingerprint density at radius 3 is 2.88 bits per heavy atom. The van der Waals surface area contributed by atoms with Crippen molar-refractivity contribution in [3.8, 4) is 6.07 Å². The molecular formula is C12H13FN2O2. The summed E-state index contributed by atoms with van der Waals surface area (Å²) in [6, 6.07) is 5.97. The number of rotatable bonds is 5. The molecule has 0 radical (unpaired) electrons. The highest BCUT2D eigenvalue weighted by atomic mass is 19.1. The fraction of sp³-hybridized carbons (Fsp3) is 0.333. The molecule has 0 aliphatic carbocycles. The van der Waals surface area contributed by atoms with Crippen LogP contribution in [-0.2, 0) is 4.79 Å². The van der Waals surface area contributed by atoms with Gasteiger partial charge in [-0.15, -0.1) is 0 Å². The van der Waals surface area contributed by atoms with Gasteiger partial charge in [0.15, 0.2) is 0 Å². The molecule has 2 N–H and O–H groups in total. The SMILES string of the molecule is CCC(CNc1cccc(F)c1C#N)C(=O)O. The van der Waals surface area contributed by atoms with Gasteiger partial charge in [0.2, 0.25) is 0 Å². The summed E-state index contributed by atoms with van der Waals surface area (Å²) in [6.07, 6.45) is 0.472. The van der Waals surface area contributed by atoms with E-state index in [0.717, 1.165) is 0 Å². The summed E-state index contributed by atoms with van der Waals surface area (Å²) in [4.78, 5) is 10.8. The van der Waals surface area contributed by atoms with Gasteiger partial charge in [-0.2, -0.15) is 5.26 Å². The van der Waals surface area contributed by atoms with Crippen LogP contribution in [0.4, 0.5) is 10.1 Å². The summed E-state index contributed by atoms with van der Waals surface area (Å²) in [5.41, 5.74) is 0.236. The number of nitriles is 1. The lowest BCUT2D eigenvalue weighted by Gasteiger charge is -2.13. The fourth-order valence-electron chi connectivity index (χ4n) is 1.42. The van der Waals surface area contributed by atoms with Crippen molar-refractivity contribution in [2.45, 2.75) is 13.3 Å². The van der Waals surface area contributed by atoms with Crippen LogP contribution in [0.1, 0.15) is 18.9 Å². The number of hydrogen-bond acceptors (Lipinski definition) is 3. The maximum Gasteiger partial charge on any atom is 0.308 e. The smallest absolute Gasteiger partial charge is 0.308 e. The minimum Gasteiger partial charge on any atom is -0.481 e. The van der Waals surface area contributed by atoms with E-state index in [1.54, 1.807) is 19.1 Å². The first kappa shape index (κ1) is 13.0. The van der Waals surface area contributed by atoms with Gasteiger partial charge in [0.1, 0.15) is 17.4 Å². The van der Waals surface area contributed by atoms with Crippen LogP contribution < -0.4 is 5.32 Å². The molecular weight excluding hydrogens is 223 g/mol. The summed E-state index contributed by atoms with van der Waals surface area (Å²) < 4.78 is 13.2. The molecule has 4 nitrogen and oxygen atoms in total. The Morgan fingerprint density at radius 1 is 1.65 bits per heavy atom. The zero-order chi connectivity index (χ0) is 12.8. The number of halogens is 1. The predicted octanol–water partition coefficient (Wildman–Crippen LogP) is 2.22. The van der Waals surface area contributed by atoms with Crippen LogP contribution in [0.15, 0.2) is 18.2 Å². The highest BCUT2D eigenvalue weighted by Gasteiger charge is 2.15. The predicted molar refractivity (Wildman–Crippen MR) is 61.0 cm³/mol. The van der Waals surface area contributed by atoms with E-state index in [4.69, 9.17) is 10.4 Å². The molecule has 0 spiro atoms. The normalized spacial score (nSPS) is 11.6. The second-order valence-corrected chi connectivity index (χ2v) is 3.60. The molecule has 90 valence electrons. The third kappa shape index (κ3) is 3.18. The van der Waals surface area contributed by atoms with Gasteiger partial charge in [0, 0.05) is 6.54 Å². The van der Waals surface area contributed by atoms with Crippen LogP contribution in [0.3, 0.4) is 0 Å². The highest BCUT2D eigenvalue weighted by molar-refractivity contribution is 5.71. The quantitative estimate of drug-likeness (QED) is 0.822. The van der Waals surface area contributed by atoms with Gasteiger partial charge in [0.25, 0.3) is 0 Å². The van der Waals surface area contributed by atoms with Gasteiger partial charge in [-0.25, -0.2) is 4.39 Å². The molecule has 17 heavy (non-hydrogen) atoms. The lowest BCUT2D eigenvalue weighted by atomic mass is 10.1. The first-order valence-corrected chi connectivity index (χ1v) is 5.25. The summed E-state index contributed by atoms with van der Waals surface area (Å²) in [7, 11) is 0. The van der Waals surface area contributed by atoms with E-state index in [0.29, 0.717) is 12.1 Å². The number of hydrogen-bond donors (Lipinski definition) is 2. The minimum atomic E-state index is -0.907. The summed E-state index contributed by atoms with van der Waals surface area (Å²) in [5, 5.41) is 20.4. The van der Waals surface area contributed by atoms with Crippen molar-refractivity contribution < 1.29 is 14.3 Å². The van der Waals surface area contributed by atoms with E-state index in [1.165, 1.54) is 12.1 Å². The molecule has 0 aliphatic heterocycles. The van der Waals surface area contributed by atoms with Gasteiger partial charge in [0.05, 0.1) is 11.6 Å². The number of aliphatic carboxylic acids is 1. The Balaban J connectivity index is 2.79. The largest absolute Gasteiger partial charge is 0.481 e. The molecule has 0 bridgehead atoms. The van der Waals surface area contributed by atoms with Gasteiger partial charge in [-0.1, -0.05) is 13.0 Å².